The number of amides is 1. The average Bonchev–Trinajstić information content (AvgIpc) is 3.44. The highest BCUT2D eigenvalue weighted by molar-refractivity contribution is 5.77. The van der Waals surface area contributed by atoms with Crippen LogP contribution in [0.4, 0.5) is 0 Å². The molecule has 1 saturated heterocycles. The van der Waals surface area contributed by atoms with Crippen LogP contribution >= 0.6 is 0 Å². The van der Waals surface area contributed by atoms with Crippen molar-refractivity contribution in [1.82, 2.24) is 15.1 Å². The number of aromatic hydroxyl groups is 1. The van der Waals surface area contributed by atoms with Gasteiger partial charge in [-0.15, -0.1) is 0 Å². The van der Waals surface area contributed by atoms with Crippen LogP contribution in [0.1, 0.15) is 72.7 Å². The number of nitrogens with zero attached hydrogens (tertiary/aromatic N) is 3. The van der Waals surface area contributed by atoms with E-state index in [1.54, 1.807) is 7.11 Å². The SMILES string of the molecule is COc1c(C)cc2c(c1O)C1[C@@H]3Cc4c(OC(C)=O)c(C)c5c(c4C(CNC(=O)CC(C)C)N3[C@@H](C#N)C(C2)N1C)OCO5. The highest BCUT2D eigenvalue weighted by Crippen LogP contribution is 2.58. The lowest BCUT2D eigenvalue weighted by Gasteiger charge is -2.60. The molecule has 4 aliphatic heterocycles. The van der Waals surface area contributed by atoms with Crippen LogP contribution in [0.2, 0.25) is 0 Å². The van der Waals surface area contributed by atoms with Crippen molar-refractivity contribution >= 4 is 11.9 Å². The Bertz CT molecular complexity index is 1580. The molecule has 6 rings (SSSR count). The first-order valence-electron chi connectivity index (χ1n) is 15.2. The second kappa shape index (κ2) is 11.2. The average molecular weight is 605 g/mol. The third kappa shape index (κ3) is 4.54. The summed E-state index contributed by atoms with van der Waals surface area (Å²) in [6.07, 6.45) is 1.33. The number of aryl methyl sites for hydroxylation is 1. The van der Waals surface area contributed by atoms with E-state index in [4.69, 9.17) is 18.9 Å². The van der Waals surface area contributed by atoms with E-state index in [2.05, 4.69) is 27.3 Å². The lowest BCUT2D eigenvalue weighted by Crippen LogP contribution is -2.68. The van der Waals surface area contributed by atoms with Gasteiger partial charge in [-0.2, -0.15) is 5.26 Å². The third-order valence-electron chi connectivity index (χ3n) is 9.60. The number of carbonyl (C=O) groups excluding carboxylic acids is 2. The van der Waals surface area contributed by atoms with E-state index in [0.717, 1.165) is 27.8 Å². The normalized spacial score (nSPS) is 25.0. The minimum atomic E-state index is -0.546. The summed E-state index contributed by atoms with van der Waals surface area (Å²) in [4.78, 5) is 29.8. The molecule has 2 N–H and O–H groups in total. The van der Waals surface area contributed by atoms with E-state index in [1.807, 2.05) is 34.7 Å². The summed E-state index contributed by atoms with van der Waals surface area (Å²) in [5.74, 6) is 1.62. The fourth-order valence-electron chi connectivity index (χ4n) is 7.96. The zero-order valence-corrected chi connectivity index (χ0v) is 26.3. The number of nitrogens with one attached hydrogen (secondary N) is 1. The van der Waals surface area contributed by atoms with Crippen molar-refractivity contribution < 1.29 is 33.6 Å². The Hall–Kier alpha value is -4.01. The number of carbonyl (C=O) groups is 2. The summed E-state index contributed by atoms with van der Waals surface area (Å²) in [5.41, 5.74) is 4.79. The quantitative estimate of drug-likeness (QED) is 0.372. The summed E-state index contributed by atoms with van der Waals surface area (Å²) < 4.78 is 23.5. The molecule has 1 fully saturated rings. The molecule has 44 heavy (non-hydrogen) atoms. The second-order valence-electron chi connectivity index (χ2n) is 12.7. The lowest BCUT2D eigenvalue weighted by atomic mass is 9.71. The summed E-state index contributed by atoms with van der Waals surface area (Å²) in [5, 5.41) is 25.5. The highest BCUT2D eigenvalue weighted by Gasteiger charge is 2.56. The number of hydrogen-bond acceptors (Lipinski definition) is 10. The van der Waals surface area contributed by atoms with Crippen LogP contribution in [0.3, 0.4) is 0 Å². The Morgan fingerprint density at radius 1 is 1.16 bits per heavy atom. The number of ether oxygens (including phenoxy) is 4. The number of likely N-dealkylation sites (N-methyl/N-ethyl adjacent to an activating group) is 1. The highest BCUT2D eigenvalue weighted by atomic mass is 16.7. The van der Waals surface area contributed by atoms with Gasteiger partial charge in [-0.05, 0) is 50.8 Å². The number of phenols is 1. The number of rotatable bonds is 6. The summed E-state index contributed by atoms with van der Waals surface area (Å²) >= 11 is 0. The number of phenolic OH excluding ortho intramolecular Hbond substituents is 1. The molecule has 234 valence electrons. The molecule has 4 aliphatic rings. The Morgan fingerprint density at radius 2 is 1.89 bits per heavy atom. The minimum Gasteiger partial charge on any atom is -0.504 e. The predicted molar refractivity (Wildman–Crippen MR) is 160 cm³/mol. The van der Waals surface area contributed by atoms with Gasteiger partial charge in [-0.3, -0.25) is 19.4 Å². The van der Waals surface area contributed by atoms with Gasteiger partial charge in [0.25, 0.3) is 0 Å². The summed E-state index contributed by atoms with van der Waals surface area (Å²) in [6.45, 7) is 9.32. The Labute approximate surface area is 257 Å². The molecule has 0 aromatic heterocycles. The van der Waals surface area contributed by atoms with Crippen LogP contribution in [0.15, 0.2) is 6.07 Å². The Balaban J connectivity index is 1.59. The van der Waals surface area contributed by atoms with E-state index >= 15 is 0 Å². The molecular weight excluding hydrogens is 564 g/mol. The summed E-state index contributed by atoms with van der Waals surface area (Å²) in [6, 6.07) is 2.79. The maximum absolute atomic E-state index is 13.0. The lowest BCUT2D eigenvalue weighted by molar-refractivity contribution is -0.132. The molecule has 11 nitrogen and oxygen atoms in total. The number of fused-ring (bicyclic) bond motifs is 9. The van der Waals surface area contributed by atoms with Crippen LogP contribution in [-0.4, -0.2) is 72.4 Å². The molecule has 0 spiro atoms. The van der Waals surface area contributed by atoms with Gasteiger partial charge >= 0.3 is 5.97 Å². The molecule has 3 unspecified atom stereocenters. The zero-order chi connectivity index (χ0) is 31.6. The fourth-order valence-corrected chi connectivity index (χ4v) is 7.96. The molecule has 0 saturated carbocycles. The molecule has 2 aromatic carbocycles. The predicted octanol–water partition coefficient (Wildman–Crippen LogP) is 3.61. The van der Waals surface area contributed by atoms with Crippen LogP contribution in [0, 0.1) is 31.1 Å². The first-order valence-corrected chi connectivity index (χ1v) is 15.2. The third-order valence-corrected chi connectivity index (χ3v) is 9.60. The second-order valence-corrected chi connectivity index (χ2v) is 12.7. The molecule has 11 heteroatoms. The van der Waals surface area contributed by atoms with Crippen molar-refractivity contribution in [3.8, 4) is 34.8 Å². The van der Waals surface area contributed by atoms with E-state index in [-0.39, 0.29) is 49.0 Å². The Morgan fingerprint density at radius 3 is 2.55 bits per heavy atom. The molecule has 2 aromatic rings. The van der Waals surface area contributed by atoms with Gasteiger partial charge in [0.2, 0.25) is 12.7 Å². The van der Waals surface area contributed by atoms with Gasteiger partial charge in [0.05, 0.1) is 25.3 Å². The number of nitriles is 1. The van der Waals surface area contributed by atoms with Gasteiger partial charge in [-0.25, -0.2) is 0 Å². The van der Waals surface area contributed by atoms with Crippen molar-refractivity contribution in [3.05, 3.63) is 39.4 Å². The van der Waals surface area contributed by atoms with E-state index in [0.29, 0.717) is 47.8 Å². The van der Waals surface area contributed by atoms with Gasteiger partial charge < -0.3 is 29.4 Å². The Kier molecular flexibility index (Phi) is 7.62. The van der Waals surface area contributed by atoms with Crippen molar-refractivity contribution in [2.75, 3.05) is 27.5 Å². The van der Waals surface area contributed by atoms with Crippen LogP contribution in [0.5, 0.6) is 28.7 Å². The maximum Gasteiger partial charge on any atom is 0.308 e. The van der Waals surface area contributed by atoms with Gasteiger partial charge in [-0.1, -0.05) is 19.9 Å². The van der Waals surface area contributed by atoms with Gasteiger partial charge in [0.15, 0.2) is 23.0 Å². The first kappa shape index (κ1) is 30.0. The van der Waals surface area contributed by atoms with E-state index in [9.17, 15) is 20.0 Å². The van der Waals surface area contributed by atoms with Crippen LogP contribution in [-0.2, 0) is 22.4 Å². The molecule has 5 atom stereocenters. The van der Waals surface area contributed by atoms with Crippen molar-refractivity contribution in [2.24, 2.45) is 5.92 Å². The zero-order valence-electron chi connectivity index (χ0n) is 26.3. The molecular formula is C33H40N4O7. The first-order chi connectivity index (χ1) is 21.0. The minimum absolute atomic E-state index is 0.0120. The topological polar surface area (TPSA) is 134 Å². The smallest absolute Gasteiger partial charge is 0.308 e. The number of benzene rings is 2. The molecule has 1 amide bonds. The number of methoxy groups -OCH3 is 1. The van der Waals surface area contributed by atoms with Crippen molar-refractivity contribution in [2.45, 2.75) is 84.1 Å². The van der Waals surface area contributed by atoms with Crippen molar-refractivity contribution in [1.29, 1.82) is 5.26 Å². The van der Waals surface area contributed by atoms with E-state index < -0.39 is 18.1 Å². The van der Waals surface area contributed by atoms with Crippen LogP contribution < -0.4 is 24.3 Å². The monoisotopic (exact) mass is 604 g/mol. The molecule has 0 aliphatic carbocycles. The molecule has 2 bridgehead atoms. The number of hydrogen-bond donors (Lipinski definition) is 2. The number of piperazine rings is 1. The van der Waals surface area contributed by atoms with Crippen LogP contribution in [0.25, 0.3) is 0 Å². The fraction of sp³-hybridized carbons (Fsp3) is 0.545. The maximum atomic E-state index is 13.0. The summed E-state index contributed by atoms with van der Waals surface area (Å²) in [7, 11) is 3.55. The number of esters is 1. The van der Waals surface area contributed by atoms with Gasteiger partial charge in [0, 0.05) is 54.2 Å². The van der Waals surface area contributed by atoms with Gasteiger partial charge in [0.1, 0.15) is 11.8 Å². The van der Waals surface area contributed by atoms with Crippen molar-refractivity contribution in [3.63, 3.8) is 0 Å². The molecule has 4 heterocycles. The largest absolute Gasteiger partial charge is 0.504 e. The molecule has 0 radical (unpaired) electrons. The standard InChI is InChI=1S/C33H40N4O7/c1-15(2)8-25(39)35-13-24-27-20(31(44-18(5)38)17(4)32-33(27)43-14-42-32)11-22-28-26-19(9-16(3)30(41-7)29(26)40)10-21(36(28)6)23(12-34)37(22)24/h9,15,21-24,28,40H,8,10-11,13-14H2,1-7H3,(H,35,39)/t21?,22-,23-,24?,28?/m0/s1. The van der Waals surface area contributed by atoms with E-state index in [1.165, 1.54) is 6.92 Å².